The van der Waals surface area contributed by atoms with Gasteiger partial charge in [0.2, 0.25) is 11.8 Å². The first-order chi connectivity index (χ1) is 14.4. The van der Waals surface area contributed by atoms with Gasteiger partial charge in [0.05, 0.1) is 31.5 Å². The molecule has 2 heterocycles. The molecule has 0 saturated carbocycles. The summed E-state index contributed by atoms with van der Waals surface area (Å²) in [6, 6.07) is 7.13. The van der Waals surface area contributed by atoms with Crippen molar-refractivity contribution in [1.82, 2.24) is 0 Å². The Labute approximate surface area is 173 Å². The average molecular weight is 416 g/mol. The third kappa shape index (κ3) is 3.46. The van der Waals surface area contributed by atoms with Crippen LogP contribution in [0.4, 0.5) is 20.2 Å². The molecule has 1 saturated heterocycles. The predicted molar refractivity (Wildman–Crippen MR) is 107 cm³/mol. The van der Waals surface area contributed by atoms with E-state index in [9.17, 15) is 18.4 Å². The summed E-state index contributed by atoms with van der Waals surface area (Å²) in [6.45, 7) is 0.521. The van der Waals surface area contributed by atoms with Crippen LogP contribution in [-0.4, -0.2) is 39.1 Å². The SMILES string of the molecule is COc1ccc(OC)c(N2CC(C(=O)N3CCCc4c(F)cc(F)cc43)CC2=O)c1. The third-order valence-electron chi connectivity index (χ3n) is 5.65. The Bertz CT molecular complexity index is 1010. The number of rotatable bonds is 4. The van der Waals surface area contributed by atoms with Crippen molar-refractivity contribution in [2.75, 3.05) is 37.1 Å². The molecule has 6 nitrogen and oxygen atoms in total. The van der Waals surface area contributed by atoms with Gasteiger partial charge in [-0.15, -0.1) is 0 Å². The number of nitrogens with zero attached hydrogens (tertiary/aromatic N) is 2. The van der Waals surface area contributed by atoms with Gasteiger partial charge >= 0.3 is 0 Å². The molecule has 2 aromatic rings. The monoisotopic (exact) mass is 416 g/mol. The van der Waals surface area contributed by atoms with Crippen molar-refractivity contribution in [3.05, 3.63) is 47.5 Å². The van der Waals surface area contributed by atoms with E-state index in [0.717, 1.165) is 6.07 Å². The van der Waals surface area contributed by atoms with Crippen LogP contribution in [0.25, 0.3) is 0 Å². The lowest BCUT2D eigenvalue weighted by molar-refractivity contribution is -0.124. The van der Waals surface area contributed by atoms with E-state index in [1.807, 2.05) is 0 Å². The van der Waals surface area contributed by atoms with Crippen LogP contribution in [0.1, 0.15) is 18.4 Å². The molecule has 30 heavy (non-hydrogen) atoms. The standard InChI is InChI=1S/C22H22F2N2O4/c1-29-15-5-6-20(30-2)19(11-15)26-12-13(8-21(26)27)22(28)25-7-3-4-16-17(24)9-14(23)10-18(16)25/h5-6,9-11,13H,3-4,7-8,12H2,1-2H3. The number of benzene rings is 2. The molecular formula is C22H22F2N2O4. The summed E-state index contributed by atoms with van der Waals surface area (Å²) in [5.74, 6) is -1.47. The highest BCUT2D eigenvalue weighted by Gasteiger charge is 2.40. The van der Waals surface area contributed by atoms with Crippen LogP contribution in [0.15, 0.2) is 30.3 Å². The Kier molecular flexibility index (Phi) is 5.32. The second-order valence-electron chi connectivity index (χ2n) is 7.42. The summed E-state index contributed by atoms with van der Waals surface area (Å²) in [6.07, 6.45) is 1.04. The van der Waals surface area contributed by atoms with Gasteiger partial charge in [0.25, 0.3) is 0 Å². The van der Waals surface area contributed by atoms with Crippen LogP contribution in [0.2, 0.25) is 0 Å². The molecule has 0 aromatic heterocycles. The topological polar surface area (TPSA) is 59.1 Å². The van der Waals surface area contributed by atoms with E-state index < -0.39 is 17.6 Å². The molecule has 2 aliphatic heterocycles. The van der Waals surface area contributed by atoms with Gasteiger partial charge in [-0.05, 0) is 31.0 Å². The van der Waals surface area contributed by atoms with Crippen molar-refractivity contribution in [2.45, 2.75) is 19.3 Å². The largest absolute Gasteiger partial charge is 0.497 e. The van der Waals surface area contributed by atoms with Gasteiger partial charge in [-0.1, -0.05) is 0 Å². The lowest BCUT2D eigenvalue weighted by Gasteiger charge is -2.31. The Hall–Kier alpha value is -3.16. The zero-order chi connectivity index (χ0) is 21.4. The Morgan fingerprint density at radius 1 is 1.10 bits per heavy atom. The number of fused-ring (bicyclic) bond motifs is 1. The number of anilines is 2. The normalized spacial score (nSPS) is 18.4. The highest BCUT2D eigenvalue weighted by atomic mass is 19.1. The van der Waals surface area contributed by atoms with Crippen LogP contribution >= 0.6 is 0 Å². The van der Waals surface area contributed by atoms with Crippen molar-refractivity contribution in [2.24, 2.45) is 5.92 Å². The number of methoxy groups -OCH3 is 2. The Morgan fingerprint density at radius 3 is 2.63 bits per heavy atom. The van der Waals surface area contributed by atoms with Crippen molar-refractivity contribution in [3.63, 3.8) is 0 Å². The first-order valence-corrected chi connectivity index (χ1v) is 9.74. The first-order valence-electron chi connectivity index (χ1n) is 9.74. The third-order valence-corrected chi connectivity index (χ3v) is 5.65. The highest BCUT2D eigenvalue weighted by molar-refractivity contribution is 6.05. The molecule has 8 heteroatoms. The van der Waals surface area contributed by atoms with Gasteiger partial charge in [-0.25, -0.2) is 8.78 Å². The van der Waals surface area contributed by atoms with Crippen LogP contribution in [0.3, 0.4) is 0 Å². The van der Waals surface area contributed by atoms with Gasteiger partial charge in [-0.3, -0.25) is 9.59 Å². The average Bonchev–Trinajstić information content (AvgIpc) is 3.13. The number of halogens is 2. The number of amides is 2. The number of carbonyl (C=O) groups is 2. The molecule has 0 aliphatic carbocycles. The summed E-state index contributed by atoms with van der Waals surface area (Å²) in [5.41, 5.74) is 1.12. The Morgan fingerprint density at radius 2 is 1.90 bits per heavy atom. The molecule has 0 radical (unpaired) electrons. The lowest BCUT2D eigenvalue weighted by atomic mass is 9.98. The van der Waals surface area contributed by atoms with Gasteiger partial charge in [-0.2, -0.15) is 0 Å². The molecule has 2 amide bonds. The molecular weight excluding hydrogens is 394 g/mol. The van der Waals surface area contributed by atoms with E-state index in [4.69, 9.17) is 9.47 Å². The maximum atomic E-state index is 14.2. The minimum atomic E-state index is -0.726. The summed E-state index contributed by atoms with van der Waals surface area (Å²) in [4.78, 5) is 28.9. The predicted octanol–water partition coefficient (Wildman–Crippen LogP) is 3.31. The second kappa shape index (κ2) is 7.93. The van der Waals surface area contributed by atoms with E-state index in [1.54, 1.807) is 18.2 Å². The zero-order valence-electron chi connectivity index (χ0n) is 16.8. The van der Waals surface area contributed by atoms with Gasteiger partial charge in [0, 0.05) is 37.2 Å². The zero-order valence-corrected chi connectivity index (χ0v) is 16.8. The van der Waals surface area contributed by atoms with E-state index in [-0.39, 0.29) is 30.5 Å². The van der Waals surface area contributed by atoms with Gasteiger partial charge in [0.1, 0.15) is 23.1 Å². The Balaban J connectivity index is 1.61. The molecule has 1 fully saturated rings. The minimum absolute atomic E-state index is 0.0167. The molecule has 1 unspecified atom stereocenters. The van der Waals surface area contributed by atoms with Crippen molar-refractivity contribution >= 4 is 23.2 Å². The van der Waals surface area contributed by atoms with Crippen LogP contribution < -0.4 is 19.3 Å². The highest BCUT2D eigenvalue weighted by Crippen LogP contribution is 2.38. The van der Waals surface area contributed by atoms with Crippen LogP contribution in [0, 0.1) is 17.6 Å². The summed E-state index contributed by atoms with van der Waals surface area (Å²) in [5, 5.41) is 0. The maximum absolute atomic E-state index is 14.2. The number of carbonyl (C=O) groups excluding carboxylic acids is 2. The molecule has 2 aromatic carbocycles. The molecule has 0 spiro atoms. The number of hydrogen-bond acceptors (Lipinski definition) is 4. The molecule has 1 atom stereocenters. The molecule has 0 N–H and O–H groups in total. The lowest BCUT2D eigenvalue weighted by Crippen LogP contribution is -2.41. The quantitative estimate of drug-likeness (QED) is 0.767. The number of ether oxygens (including phenoxy) is 2. The van der Waals surface area contributed by atoms with E-state index >= 15 is 0 Å². The minimum Gasteiger partial charge on any atom is -0.497 e. The summed E-state index contributed by atoms with van der Waals surface area (Å²) < 4.78 is 38.6. The summed E-state index contributed by atoms with van der Waals surface area (Å²) in [7, 11) is 3.03. The smallest absolute Gasteiger partial charge is 0.232 e. The van der Waals surface area contributed by atoms with Gasteiger partial charge < -0.3 is 19.3 Å². The van der Waals surface area contributed by atoms with E-state index in [1.165, 1.54) is 30.1 Å². The van der Waals surface area contributed by atoms with E-state index in [2.05, 4.69) is 0 Å². The fourth-order valence-electron chi connectivity index (χ4n) is 4.18. The summed E-state index contributed by atoms with van der Waals surface area (Å²) >= 11 is 0. The first kappa shape index (κ1) is 20.1. The fraction of sp³-hybridized carbons (Fsp3) is 0.364. The van der Waals surface area contributed by atoms with Crippen molar-refractivity contribution in [3.8, 4) is 11.5 Å². The molecule has 158 valence electrons. The van der Waals surface area contributed by atoms with Crippen molar-refractivity contribution in [1.29, 1.82) is 0 Å². The van der Waals surface area contributed by atoms with Gasteiger partial charge in [0.15, 0.2) is 0 Å². The van der Waals surface area contributed by atoms with E-state index in [0.29, 0.717) is 42.1 Å². The fourth-order valence-corrected chi connectivity index (χ4v) is 4.18. The van der Waals surface area contributed by atoms with Crippen molar-refractivity contribution < 1.29 is 27.8 Å². The molecule has 0 bridgehead atoms. The maximum Gasteiger partial charge on any atom is 0.232 e. The molecule has 2 aliphatic rings. The van der Waals surface area contributed by atoms with Crippen LogP contribution in [0.5, 0.6) is 11.5 Å². The van der Waals surface area contributed by atoms with Crippen LogP contribution in [-0.2, 0) is 16.0 Å². The number of hydrogen-bond donors (Lipinski definition) is 0. The molecule has 4 rings (SSSR count). The second-order valence-corrected chi connectivity index (χ2v) is 7.42.